The summed E-state index contributed by atoms with van der Waals surface area (Å²) in [6, 6.07) is 3.27. The Morgan fingerprint density at radius 1 is 0.984 bits per heavy atom. The van der Waals surface area contributed by atoms with Crippen LogP contribution in [-0.4, -0.2) is 99.7 Å². The molecule has 0 aliphatic carbocycles. The largest absolute Gasteiger partial charge is 0.510 e. The lowest BCUT2D eigenvalue weighted by Crippen LogP contribution is -2.52. The minimum Gasteiger partial charge on any atom is -0.481 e. The molecule has 1 saturated heterocycles. The Morgan fingerprint density at radius 2 is 1.61 bits per heavy atom. The number of ether oxygens (including phenoxy) is 5. The molecule has 1 aliphatic heterocycles. The average molecular weight is 883 g/mol. The van der Waals surface area contributed by atoms with E-state index in [0.717, 1.165) is 32.0 Å². The van der Waals surface area contributed by atoms with Crippen LogP contribution in [-0.2, 0) is 62.1 Å². The van der Waals surface area contributed by atoms with Gasteiger partial charge < -0.3 is 39.6 Å². The summed E-state index contributed by atoms with van der Waals surface area (Å²) in [4.78, 5) is 68.8. The van der Waals surface area contributed by atoms with Crippen LogP contribution in [0.1, 0.15) is 106 Å². The molecule has 3 rings (SSSR count). The van der Waals surface area contributed by atoms with E-state index in [-0.39, 0.29) is 30.2 Å². The van der Waals surface area contributed by atoms with Gasteiger partial charge in [-0.05, 0) is 66.5 Å². The molecule has 0 amide bonds. The van der Waals surface area contributed by atoms with Crippen molar-refractivity contribution in [3.63, 3.8) is 0 Å². The molecule has 0 bridgehead atoms. The lowest BCUT2D eigenvalue weighted by Gasteiger charge is -2.42. The van der Waals surface area contributed by atoms with Crippen LogP contribution < -0.4 is 10.8 Å². The molecule has 0 aromatic carbocycles. The number of rotatable bonds is 25. The standard InChI is InChI=1S/C39H59N6O15P/c1-9-11-13-17-54-29(46)19-25(33(47)55-18-14-12-10-2)44-61(53,58-23-56-36(52)59-24(3)4)57-20-27-30(37(5,6)34(48)49)31(38(7,8)35(50)51)39(21-40,60-27)28-16-15-26-32(41)42-22-43-45(26)28/h15-16,22,24-25,27,30-31H,9-14,17-20,23H2,1-8H3,(H,44,53)(H,48,49)(H,50,51)(H2,41,42,43)/t25-,27-,30+,31+,39-,61?/m0/s1. The van der Waals surface area contributed by atoms with E-state index in [1.165, 1.54) is 44.3 Å². The van der Waals surface area contributed by atoms with E-state index in [2.05, 4.69) is 21.2 Å². The number of carboxylic acids is 2. The van der Waals surface area contributed by atoms with Crippen molar-refractivity contribution < 1.29 is 71.5 Å². The van der Waals surface area contributed by atoms with Gasteiger partial charge in [0.25, 0.3) is 0 Å². The summed E-state index contributed by atoms with van der Waals surface area (Å²) >= 11 is 0. The Bertz CT molecular complexity index is 1950. The topological polar surface area (TPSA) is 300 Å². The van der Waals surface area contributed by atoms with Crippen LogP contribution in [0.25, 0.3) is 5.52 Å². The SMILES string of the molecule is CCCCCOC(=O)C[C@H](NP(=O)(OCOC(=O)OC(C)C)OC[C@@H]1O[C@@](C#N)(c2ccc3c(N)ncnn23)[C@@H](C(C)(C)C(=O)O)[C@@H]1C(C)(C)C(=O)O)C(=O)OCCCCC. The number of aliphatic carboxylic acids is 2. The molecule has 6 atom stereocenters. The summed E-state index contributed by atoms with van der Waals surface area (Å²) in [5.41, 5.74) is 0.189. The Labute approximate surface area is 354 Å². The minimum atomic E-state index is -5.01. The van der Waals surface area contributed by atoms with Gasteiger partial charge in [-0.15, -0.1) is 0 Å². The number of nitrogens with two attached hydrogens (primary N) is 1. The molecule has 2 aromatic rings. The zero-order chi connectivity index (χ0) is 45.8. The first-order chi connectivity index (χ1) is 28.6. The molecule has 0 radical (unpaired) electrons. The van der Waals surface area contributed by atoms with Crippen molar-refractivity contribution in [2.24, 2.45) is 22.7 Å². The number of nitrogens with one attached hydrogen (secondary N) is 1. The Balaban J connectivity index is 2.17. The van der Waals surface area contributed by atoms with E-state index in [4.69, 9.17) is 38.5 Å². The summed E-state index contributed by atoms with van der Waals surface area (Å²) < 4.78 is 54.4. The summed E-state index contributed by atoms with van der Waals surface area (Å²) in [6.45, 7) is 10.3. The third-order valence-corrected chi connectivity index (χ3v) is 12.0. The van der Waals surface area contributed by atoms with E-state index >= 15 is 0 Å². The van der Waals surface area contributed by atoms with Gasteiger partial charge in [0.1, 0.15) is 24.0 Å². The van der Waals surface area contributed by atoms with Crippen LogP contribution in [0.4, 0.5) is 10.6 Å². The molecule has 0 spiro atoms. The second kappa shape index (κ2) is 21.8. The number of carboxylic acid groups (broad SMARTS) is 2. The predicted octanol–water partition coefficient (Wildman–Crippen LogP) is 5.36. The van der Waals surface area contributed by atoms with Gasteiger partial charge >= 0.3 is 37.8 Å². The molecule has 22 heteroatoms. The predicted molar refractivity (Wildman–Crippen MR) is 214 cm³/mol. The van der Waals surface area contributed by atoms with Crippen LogP contribution in [0.15, 0.2) is 18.5 Å². The van der Waals surface area contributed by atoms with Crippen LogP contribution in [0, 0.1) is 34.0 Å². The fourth-order valence-corrected chi connectivity index (χ4v) is 8.46. The number of nitriles is 1. The first-order valence-corrected chi connectivity index (χ1v) is 21.6. The Hall–Kier alpha value is -4.87. The molecule has 1 unspecified atom stereocenters. The lowest BCUT2D eigenvalue weighted by atomic mass is 9.57. The number of aromatic nitrogens is 3. The second-order valence-electron chi connectivity index (χ2n) is 16.0. The number of esters is 2. The van der Waals surface area contributed by atoms with Gasteiger partial charge in [-0.1, -0.05) is 39.5 Å². The third-order valence-electron chi connectivity index (χ3n) is 10.4. The van der Waals surface area contributed by atoms with Crippen LogP contribution in [0.2, 0.25) is 0 Å². The number of hydrogen-bond acceptors (Lipinski definition) is 17. The summed E-state index contributed by atoms with van der Waals surface area (Å²) in [6.07, 6.45) is 1.18. The minimum absolute atomic E-state index is 0.00984. The smallest absolute Gasteiger partial charge is 0.481 e. The number of hydrogen-bond donors (Lipinski definition) is 4. The number of unbranched alkanes of at least 4 members (excludes halogenated alkanes) is 4. The van der Waals surface area contributed by atoms with Crippen molar-refractivity contribution in [1.29, 1.82) is 5.26 Å². The first kappa shape index (κ1) is 50.5. The average Bonchev–Trinajstić information content (AvgIpc) is 3.78. The van der Waals surface area contributed by atoms with Crippen molar-refractivity contribution in [3.8, 4) is 6.07 Å². The molecule has 61 heavy (non-hydrogen) atoms. The maximum absolute atomic E-state index is 14.8. The Kier molecular flexibility index (Phi) is 18.0. The molecule has 5 N–H and O–H groups in total. The van der Waals surface area contributed by atoms with Gasteiger partial charge in [-0.2, -0.15) is 10.4 Å². The highest BCUT2D eigenvalue weighted by molar-refractivity contribution is 7.51. The van der Waals surface area contributed by atoms with Crippen molar-refractivity contribution in [2.75, 3.05) is 32.3 Å². The zero-order valence-electron chi connectivity index (χ0n) is 35.9. The zero-order valence-corrected chi connectivity index (χ0v) is 36.8. The van der Waals surface area contributed by atoms with E-state index in [1.54, 1.807) is 13.8 Å². The van der Waals surface area contributed by atoms with E-state index in [9.17, 15) is 44.0 Å². The molecular formula is C39H59N6O15P. The highest BCUT2D eigenvalue weighted by Crippen LogP contribution is 2.60. The molecule has 21 nitrogen and oxygen atoms in total. The molecule has 0 saturated carbocycles. The van der Waals surface area contributed by atoms with Gasteiger partial charge in [0.2, 0.25) is 12.4 Å². The molecule has 1 fully saturated rings. The number of nitrogens with zero attached hydrogens (tertiary/aromatic N) is 4. The summed E-state index contributed by atoms with van der Waals surface area (Å²) in [5.74, 6) is -7.62. The van der Waals surface area contributed by atoms with Crippen LogP contribution in [0.5, 0.6) is 0 Å². The second-order valence-corrected chi connectivity index (χ2v) is 17.8. The van der Waals surface area contributed by atoms with Crippen molar-refractivity contribution >= 4 is 49.1 Å². The van der Waals surface area contributed by atoms with E-state index in [0.29, 0.717) is 12.8 Å². The van der Waals surface area contributed by atoms with Gasteiger partial charge in [-0.3, -0.25) is 28.2 Å². The fraction of sp³-hybridized carbons (Fsp3) is 0.692. The molecule has 3 heterocycles. The van der Waals surface area contributed by atoms with Crippen molar-refractivity contribution in [2.45, 2.75) is 124 Å². The normalized spacial score (nSPS) is 20.7. The van der Waals surface area contributed by atoms with E-state index < -0.39 is 104 Å². The quantitative estimate of drug-likeness (QED) is 0.0321. The van der Waals surface area contributed by atoms with Gasteiger partial charge in [0.15, 0.2) is 5.82 Å². The van der Waals surface area contributed by atoms with E-state index in [1.807, 2.05) is 13.8 Å². The van der Waals surface area contributed by atoms with Crippen molar-refractivity contribution in [1.82, 2.24) is 19.7 Å². The van der Waals surface area contributed by atoms with Gasteiger partial charge in [0, 0.05) is 11.8 Å². The Morgan fingerprint density at radius 3 is 2.18 bits per heavy atom. The number of fused-ring (bicyclic) bond motifs is 1. The highest BCUT2D eigenvalue weighted by atomic mass is 31.2. The molecule has 1 aliphatic rings. The third kappa shape index (κ3) is 12.4. The summed E-state index contributed by atoms with van der Waals surface area (Å²) in [5, 5.41) is 39.0. The fourth-order valence-electron chi connectivity index (χ4n) is 7.13. The molecular weight excluding hydrogens is 823 g/mol. The monoisotopic (exact) mass is 882 g/mol. The summed E-state index contributed by atoms with van der Waals surface area (Å²) in [7, 11) is -5.01. The van der Waals surface area contributed by atoms with Gasteiger partial charge in [-0.25, -0.2) is 23.9 Å². The highest BCUT2D eigenvalue weighted by Gasteiger charge is 2.68. The number of nitrogen functional groups attached to an aromatic ring is 1. The lowest BCUT2D eigenvalue weighted by molar-refractivity contribution is -0.161. The molecule has 340 valence electrons. The maximum Gasteiger partial charge on any atom is 0.510 e. The number of anilines is 1. The van der Waals surface area contributed by atoms with Crippen molar-refractivity contribution in [3.05, 3.63) is 24.2 Å². The first-order valence-electron chi connectivity index (χ1n) is 20.1. The number of carbonyl (C=O) groups is 5. The van der Waals surface area contributed by atoms with Crippen LogP contribution >= 0.6 is 7.75 Å². The van der Waals surface area contributed by atoms with Gasteiger partial charge in [0.05, 0.1) is 55.0 Å². The maximum atomic E-state index is 14.8. The number of carbonyl (C=O) groups excluding carboxylic acids is 3. The molecule has 2 aromatic heterocycles. The van der Waals surface area contributed by atoms with Crippen LogP contribution in [0.3, 0.4) is 0 Å².